The molecule has 35 heavy (non-hydrogen) atoms. The molecule has 1 saturated carbocycles. The summed E-state index contributed by atoms with van der Waals surface area (Å²) in [5, 5.41) is 7.70. The lowest BCUT2D eigenvalue weighted by atomic mass is 10.0. The molecule has 5 rings (SSSR count). The van der Waals surface area contributed by atoms with E-state index in [4.69, 9.17) is 4.74 Å². The average Bonchev–Trinajstić information content (AvgIpc) is 3.68. The molecule has 0 radical (unpaired) electrons. The van der Waals surface area contributed by atoms with Gasteiger partial charge in [0.2, 0.25) is 5.91 Å². The van der Waals surface area contributed by atoms with E-state index in [9.17, 15) is 14.0 Å². The quantitative estimate of drug-likeness (QED) is 0.397. The third-order valence-electron chi connectivity index (χ3n) is 6.31. The van der Waals surface area contributed by atoms with Gasteiger partial charge in [0.25, 0.3) is 5.91 Å². The van der Waals surface area contributed by atoms with Crippen LogP contribution in [0.2, 0.25) is 0 Å². The van der Waals surface area contributed by atoms with Gasteiger partial charge in [-0.25, -0.2) is 4.39 Å². The van der Waals surface area contributed by atoms with Crippen LogP contribution in [0.4, 0.5) is 10.1 Å². The van der Waals surface area contributed by atoms with Crippen molar-refractivity contribution in [1.82, 2.24) is 10.3 Å². The van der Waals surface area contributed by atoms with E-state index in [1.165, 1.54) is 6.07 Å². The molecule has 0 spiro atoms. The first-order valence-corrected chi connectivity index (χ1v) is 11.4. The number of aromatic nitrogens is 1. The summed E-state index contributed by atoms with van der Waals surface area (Å²) in [5.74, 6) is -0.726. The molecule has 2 atom stereocenters. The fourth-order valence-corrected chi connectivity index (χ4v) is 4.22. The molecule has 7 heteroatoms. The Hall–Kier alpha value is -4.26. The van der Waals surface area contributed by atoms with Gasteiger partial charge in [-0.1, -0.05) is 24.3 Å². The van der Waals surface area contributed by atoms with Crippen LogP contribution in [0.5, 0.6) is 5.75 Å². The number of nitrogens with zero attached hydrogens (tertiary/aromatic N) is 1. The van der Waals surface area contributed by atoms with E-state index < -0.39 is 5.82 Å². The molecule has 1 fully saturated rings. The number of carbonyl (C=O) groups excluding carboxylic acids is 2. The lowest BCUT2D eigenvalue weighted by Crippen LogP contribution is -2.23. The highest BCUT2D eigenvalue weighted by Crippen LogP contribution is 2.49. The van der Waals surface area contributed by atoms with Gasteiger partial charge in [0, 0.05) is 41.5 Å². The Balaban J connectivity index is 1.19. The topological polar surface area (TPSA) is 80.3 Å². The molecule has 3 aromatic carbocycles. The highest BCUT2D eigenvalue weighted by molar-refractivity contribution is 5.97. The van der Waals surface area contributed by atoms with Crippen LogP contribution >= 0.6 is 0 Å². The van der Waals surface area contributed by atoms with Gasteiger partial charge in [-0.2, -0.15) is 0 Å². The van der Waals surface area contributed by atoms with Crippen LogP contribution in [-0.4, -0.2) is 23.9 Å². The first-order valence-electron chi connectivity index (χ1n) is 11.4. The van der Waals surface area contributed by atoms with Crippen molar-refractivity contribution in [2.45, 2.75) is 18.9 Å². The number of hydrogen-bond acceptors (Lipinski definition) is 4. The van der Waals surface area contributed by atoms with Crippen molar-refractivity contribution in [1.29, 1.82) is 0 Å². The molecule has 2 amide bonds. The molecule has 0 unspecified atom stereocenters. The van der Waals surface area contributed by atoms with Crippen molar-refractivity contribution < 1.29 is 18.7 Å². The summed E-state index contributed by atoms with van der Waals surface area (Å²) in [6.07, 6.45) is 4.05. The van der Waals surface area contributed by atoms with E-state index in [0.717, 1.165) is 22.1 Å². The maximum Gasteiger partial charge on any atom is 0.251 e. The highest BCUT2D eigenvalue weighted by Gasteiger charge is 2.45. The Labute approximate surface area is 202 Å². The summed E-state index contributed by atoms with van der Waals surface area (Å²) < 4.78 is 20.0. The number of fused-ring (bicyclic) bond motifs is 1. The minimum absolute atomic E-state index is 0.135. The molecule has 4 aromatic rings. The number of pyridine rings is 1. The number of anilines is 1. The van der Waals surface area contributed by atoms with Crippen molar-refractivity contribution in [3.05, 3.63) is 102 Å². The zero-order valence-corrected chi connectivity index (χ0v) is 19.1. The molecule has 176 valence electrons. The fourth-order valence-electron chi connectivity index (χ4n) is 4.22. The number of rotatable bonds is 7. The minimum atomic E-state index is -0.472. The highest BCUT2D eigenvalue weighted by atomic mass is 19.1. The Morgan fingerprint density at radius 3 is 2.63 bits per heavy atom. The fraction of sp³-hybridized carbons (Fsp3) is 0.179. The van der Waals surface area contributed by atoms with E-state index >= 15 is 0 Å². The largest absolute Gasteiger partial charge is 0.497 e. The molecule has 0 saturated heterocycles. The maximum atomic E-state index is 14.9. The van der Waals surface area contributed by atoms with Crippen molar-refractivity contribution in [2.24, 2.45) is 5.92 Å². The standard InChI is InChI=1S/C28H24FN3O3/c1-35-22-7-2-17(3-8-22)15-31-27(33)19-5-9-23(26(29)13-19)24-14-25(24)28(34)32-21-6-4-20-16-30-11-10-18(20)12-21/h2-13,16,24-25H,14-15H2,1H3,(H,31,33)(H,32,34)/t24-,25+/m0/s1. The zero-order valence-electron chi connectivity index (χ0n) is 19.1. The smallest absolute Gasteiger partial charge is 0.251 e. The summed E-state index contributed by atoms with van der Waals surface area (Å²) in [6, 6.07) is 19.3. The van der Waals surface area contributed by atoms with Crippen LogP contribution in [-0.2, 0) is 11.3 Å². The monoisotopic (exact) mass is 469 g/mol. The van der Waals surface area contributed by atoms with E-state index in [2.05, 4.69) is 15.6 Å². The Morgan fingerprint density at radius 2 is 1.86 bits per heavy atom. The lowest BCUT2D eigenvalue weighted by molar-refractivity contribution is -0.117. The summed E-state index contributed by atoms with van der Waals surface area (Å²) in [5.41, 5.74) is 2.31. The van der Waals surface area contributed by atoms with Crippen molar-refractivity contribution in [2.75, 3.05) is 12.4 Å². The number of nitrogens with one attached hydrogen (secondary N) is 2. The van der Waals surface area contributed by atoms with Crippen molar-refractivity contribution in [3.63, 3.8) is 0 Å². The number of methoxy groups -OCH3 is 1. The molecule has 2 N–H and O–H groups in total. The van der Waals surface area contributed by atoms with Gasteiger partial charge in [0.1, 0.15) is 11.6 Å². The van der Waals surface area contributed by atoms with Crippen molar-refractivity contribution >= 4 is 28.3 Å². The molecule has 0 bridgehead atoms. The van der Waals surface area contributed by atoms with Gasteiger partial charge >= 0.3 is 0 Å². The van der Waals surface area contributed by atoms with Crippen LogP contribution in [0.3, 0.4) is 0 Å². The molecule has 1 heterocycles. The normalized spacial score (nSPS) is 16.5. The first-order chi connectivity index (χ1) is 17.0. The Morgan fingerprint density at radius 1 is 1.03 bits per heavy atom. The van der Waals surface area contributed by atoms with E-state index in [1.54, 1.807) is 31.6 Å². The number of halogens is 1. The summed E-state index contributed by atoms with van der Waals surface area (Å²) in [4.78, 5) is 29.3. The number of benzene rings is 3. The summed E-state index contributed by atoms with van der Waals surface area (Å²) in [7, 11) is 1.59. The predicted molar refractivity (Wildman–Crippen MR) is 132 cm³/mol. The zero-order chi connectivity index (χ0) is 24.4. The van der Waals surface area contributed by atoms with Crippen LogP contribution < -0.4 is 15.4 Å². The third-order valence-corrected chi connectivity index (χ3v) is 6.31. The predicted octanol–water partition coefficient (Wildman–Crippen LogP) is 5.05. The molecule has 1 aliphatic rings. The number of amides is 2. The minimum Gasteiger partial charge on any atom is -0.497 e. The van der Waals surface area contributed by atoms with Gasteiger partial charge in [-0.05, 0) is 71.3 Å². The number of ether oxygens (including phenoxy) is 1. The summed E-state index contributed by atoms with van der Waals surface area (Å²) in [6.45, 7) is 0.322. The third kappa shape index (κ3) is 4.99. The second kappa shape index (κ2) is 9.54. The van der Waals surface area contributed by atoms with Crippen LogP contribution in [0.15, 0.2) is 79.1 Å². The van der Waals surface area contributed by atoms with Gasteiger partial charge < -0.3 is 15.4 Å². The van der Waals surface area contributed by atoms with Crippen LogP contribution in [0.25, 0.3) is 10.8 Å². The molecule has 6 nitrogen and oxygen atoms in total. The number of carbonyl (C=O) groups is 2. The van der Waals surface area contributed by atoms with Gasteiger partial charge in [-0.15, -0.1) is 0 Å². The molecular weight excluding hydrogens is 445 g/mol. The van der Waals surface area contributed by atoms with E-state index in [-0.39, 0.29) is 29.2 Å². The van der Waals surface area contributed by atoms with Crippen LogP contribution in [0, 0.1) is 11.7 Å². The second-order valence-corrected chi connectivity index (χ2v) is 8.64. The average molecular weight is 470 g/mol. The van der Waals surface area contributed by atoms with E-state index in [0.29, 0.717) is 24.2 Å². The first kappa shape index (κ1) is 22.5. The lowest BCUT2D eigenvalue weighted by Gasteiger charge is -2.09. The Bertz CT molecular complexity index is 1400. The number of hydrogen-bond donors (Lipinski definition) is 2. The summed E-state index contributed by atoms with van der Waals surface area (Å²) >= 11 is 0. The van der Waals surface area contributed by atoms with Crippen LogP contribution in [0.1, 0.15) is 33.8 Å². The van der Waals surface area contributed by atoms with Gasteiger partial charge in [0.05, 0.1) is 7.11 Å². The van der Waals surface area contributed by atoms with E-state index in [1.807, 2.05) is 48.5 Å². The SMILES string of the molecule is COc1ccc(CNC(=O)c2ccc([C@@H]3C[C@H]3C(=O)Nc3ccc4cnccc4c3)c(F)c2)cc1. The van der Waals surface area contributed by atoms with Gasteiger partial charge in [-0.3, -0.25) is 14.6 Å². The maximum absolute atomic E-state index is 14.9. The van der Waals surface area contributed by atoms with Crippen molar-refractivity contribution in [3.8, 4) is 5.75 Å². The Kier molecular flexibility index (Phi) is 6.14. The molecular formula is C28H24FN3O3. The molecule has 1 aliphatic carbocycles. The molecule has 1 aromatic heterocycles. The second-order valence-electron chi connectivity index (χ2n) is 8.64. The van der Waals surface area contributed by atoms with Gasteiger partial charge in [0.15, 0.2) is 0 Å². The molecule has 0 aliphatic heterocycles.